The number of carboxylic acid groups (broad SMARTS) is 1. The van der Waals surface area contributed by atoms with E-state index in [-0.39, 0.29) is 146 Å². The number of esters is 1. The summed E-state index contributed by atoms with van der Waals surface area (Å²) in [5, 5.41) is 38.1. The van der Waals surface area contributed by atoms with Gasteiger partial charge in [0.2, 0.25) is 82.7 Å². The fourth-order valence-corrected chi connectivity index (χ4v) is 18.1. The van der Waals surface area contributed by atoms with Gasteiger partial charge in [-0.2, -0.15) is 0 Å². The molecule has 3 aliphatic rings. The minimum atomic E-state index is -5.05. The average Bonchev–Trinajstić information content (AvgIpc) is 1.78. The lowest BCUT2D eigenvalue weighted by atomic mass is 9.89. The number of rotatable bonds is 67. The van der Waals surface area contributed by atoms with Gasteiger partial charge in [0, 0.05) is 91.2 Å². The van der Waals surface area contributed by atoms with Gasteiger partial charge >= 0.3 is 33.4 Å². The molecule has 16 amide bonds. The number of phosphoric ester groups is 1. The molecule has 0 aliphatic carbocycles. The molecule has 0 saturated carbocycles. The summed E-state index contributed by atoms with van der Waals surface area (Å²) in [5.41, 5.74) is 6.14. The van der Waals surface area contributed by atoms with Crippen LogP contribution in [0.4, 0.5) is 10.5 Å². The highest BCUT2D eigenvalue weighted by Gasteiger charge is 2.47. The van der Waals surface area contributed by atoms with E-state index in [4.69, 9.17) is 57.7 Å². The number of benzene rings is 2. The zero-order valence-corrected chi connectivity index (χ0v) is 86.3. The van der Waals surface area contributed by atoms with Crippen molar-refractivity contribution < 1.29 is 153 Å². The number of phosphoric acid groups is 1. The van der Waals surface area contributed by atoms with E-state index in [1.165, 1.54) is 59.3 Å². The van der Waals surface area contributed by atoms with Gasteiger partial charge in [0.15, 0.2) is 0 Å². The number of nitrogens with two attached hydrogens (primary N) is 1. The van der Waals surface area contributed by atoms with Crippen LogP contribution in [0.25, 0.3) is 0 Å². The molecule has 3 saturated heterocycles. The summed E-state index contributed by atoms with van der Waals surface area (Å²) < 4.78 is 75.9. The van der Waals surface area contributed by atoms with Crippen LogP contribution in [-0.2, 0) is 135 Å². The number of urea groups is 1. The molecule has 3 fully saturated rings. The Morgan fingerprint density at radius 3 is 1.76 bits per heavy atom. The molecule has 5 rings (SSSR count). The number of likely N-dealkylation sites (N-methyl/N-ethyl adjacent to an activating group) is 2. The van der Waals surface area contributed by atoms with Crippen LogP contribution in [0.2, 0.25) is 0 Å². The average molecular weight is 2070 g/mol. The predicted molar refractivity (Wildman–Crippen MR) is 516 cm³/mol. The first kappa shape index (κ1) is 123. The van der Waals surface area contributed by atoms with Crippen LogP contribution in [0.3, 0.4) is 0 Å². The maximum atomic E-state index is 14.7. The molecule has 3 heterocycles. The summed E-state index contributed by atoms with van der Waals surface area (Å²) in [6.45, 7) is 18.6. The van der Waals surface area contributed by atoms with Gasteiger partial charge in [-0.05, 0) is 100 Å². The summed E-state index contributed by atoms with van der Waals surface area (Å²) in [5.74, 6) is -15.1. The fraction of sp³-hybridized carbons (Fsp3) is 0.688. The Morgan fingerprint density at radius 2 is 1.21 bits per heavy atom. The van der Waals surface area contributed by atoms with Gasteiger partial charge in [-0.3, -0.25) is 95.3 Å². The van der Waals surface area contributed by atoms with Crippen molar-refractivity contribution in [3.8, 4) is 0 Å². The Bertz CT molecular complexity index is 4630. The zero-order chi connectivity index (χ0) is 107. The second-order valence-electron chi connectivity index (χ2n) is 36.9. The van der Waals surface area contributed by atoms with Crippen molar-refractivity contribution >= 4 is 122 Å². The lowest BCUT2D eigenvalue weighted by Gasteiger charge is -2.41. The van der Waals surface area contributed by atoms with Crippen LogP contribution >= 0.6 is 15.4 Å². The minimum Gasteiger partial charge on any atom is -0.481 e. The Hall–Kier alpha value is -10.6. The SMILES string of the molecule is CC[C@H](C)[C@@H]([C@@H](CC(=O)N1CCC[C@H]1[C@H](OC)[C@@H](C)C(=O)N[C@H](C)[C@@H](OP(=O)(O)OCc1ccc(NC(=O)[C@H](CCCNC(N)=O)NC(=O)[C@@H](NC(=O)[C@H](CCC(=O)O)NC(=O)[C@H](CC(=O)N[C@H]2CCOC2=O)NC(=O)CCOCCOCCOCCOCCNC(=O)[C@H](CNC(=O)CCP(=O)(O)O)N2C(=O)CC(C)C2=O)C(C)C)cc1)c1ccccc1)OC)N(C)C(=O)[C@@H](NC(=O)[C@H](C(C)C)N(C)C)C(C)C. The smallest absolute Gasteiger partial charge is 0.473 e. The number of cyclic esters (lactones) is 1. The van der Waals surface area contributed by atoms with Crippen molar-refractivity contribution in [2.45, 2.75) is 251 Å². The number of carbonyl (C=O) groups is 17. The van der Waals surface area contributed by atoms with E-state index >= 15 is 0 Å². The number of aliphatic carboxylic acids is 1. The van der Waals surface area contributed by atoms with Gasteiger partial charge < -0.3 is 127 Å². The number of methoxy groups -OCH3 is 2. The Labute approximate surface area is 833 Å². The van der Waals surface area contributed by atoms with Crippen molar-refractivity contribution in [2.75, 3.05) is 132 Å². The summed E-state index contributed by atoms with van der Waals surface area (Å²) in [7, 11) is -1.33. The van der Waals surface area contributed by atoms with E-state index in [1.54, 1.807) is 61.0 Å². The largest absolute Gasteiger partial charge is 0.481 e. The first-order valence-electron chi connectivity index (χ1n) is 48.1. The Morgan fingerprint density at radius 1 is 0.608 bits per heavy atom. The fourth-order valence-electron chi connectivity index (χ4n) is 16.6. The normalized spacial score (nSPS) is 18.3. The number of amides is 16. The van der Waals surface area contributed by atoms with Crippen LogP contribution < -0.4 is 64.2 Å². The third-order valence-corrected chi connectivity index (χ3v) is 26.2. The van der Waals surface area contributed by atoms with Crippen LogP contribution in [-0.4, -0.2) is 346 Å². The van der Waals surface area contributed by atoms with E-state index in [1.807, 2.05) is 60.5 Å². The monoisotopic (exact) mass is 2070 g/mol. The van der Waals surface area contributed by atoms with Crippen molar-refractivity contribution in [2.24, 2.45) is 41.2 Å². The molecule has 2 aromatic rings. The lowest BCUT2D eigenvalue weighted by molar-refractivity contribution is -0.148. The number of nitrogens with zero attached hydrogens (tertiary/aromatic N) is 4. The first-order valence-corrected chi connectivity index (χ1v) is 51.4. The van der Waals surface area contributed by atoms with Gasteiger partial charge in [-0.25, -0.2) is 14.2 Å². The number of carbonyl (C=O) groups excluding carboxylic acids is 16. The number of carboxylic acids is 1. The third kappa shape index (κ3) is 41.8. The van der Waals surface area contributed by atoms with Crippen LogP contribution in [0.5, 0.6) is 0 Å². The number of hydrogen-bond acceptors (Lipinski definition) is 29. The van der Waals surface area contributed by atoms with Crippen LogP contribution in [0.1, 0.15) is 177 Å². The summed E-state index contributed by atoms with van der Waals surface area (Å²) in [4.78, 5) is 264. The summed E-state index contributed by atoms with van der Waals surface area (Å²) in [6, 6.07) is 0.578. The molecule has 48 nitrogen and oxygen atoms in total. The molecular formula is C93H150N16O32P2. The number of hydrogen-bond donors (Lipinski definition) is 16. The molecule has 0 aromatic heterocycles. The van der Waals surface area contributed by atoms with E-state index in [2.05, 4.69) is 58.5 Å². The van der Waals surface area contributed by atoms with Crippen molar-refractivity contribution in [3.05, 3.63) is 65.7 Å². The van der Waals surface area contributed by atoms with Gasteiger partial charge in [-0.15, -0.1) is 0 Å². The molecule has 50 heteroatoms. The van der Waals surface area contributed by atoms with Crippen LogP contribution in [0, 0.1) is 35.5 Å². The number of ether oxygens (including phenoxy) is 7. The number of nitrogens with one attached hydrogen (secondary N) is 11. The molecule has 2 unspecified atom stereocenters. The Balaban J connectivity index is 1.17. The van der Waals surface area contributed by atoms with E-state index < -0.39 is 252 Å². The van der Waals surface area contributed by atoms with Crippen molar-refractivity contribution in [1.29, 1.82) is 0 Å². The van der Waals surface area contributed by atoms with E-state index in [0.29, 0.717) is 36.9 Å². The van der Waals surface area contributed by atoms with Crippen LogP contribution in [0.15, 0.2) is 54.6 Å². The van der Waals surface area contributed by atoms with Gasteiger partial charge in [0.25, 0.3) is 0 Å². The third-order valence-electron chi connectivity index (χ3n) is 24.5. The van der Waals surface area contributed by atoms with Gasteiger partial charge in [0.1, 0.15) is 48.4 Å². The maximum absolute atomic E-state index is 14.7. The van der Waals surface area contributed by atoms with Gasteiger partial charge in [0.05, 0.1) is 127 Å². The minimum absolute atomic E-state index is 0.0185. The number of anilines is 1. The van der Waals surface area contributed by atoms with Crippen molar-refractivity contribution in [3.63, 3.8) is 0 Å². The number of imide groups is 1. The molecule has 3 aliphatic heterocycles. The quantitative estimate of drug-likeness (QED) is 0.0189. The standard InChI is InChI=1S/C93H150N16O32P2/c1-17-57(8)80(107(14)91(125)78(55(4)5)105-89(123)79(56(6)7)106(12)13)70(133-15)51-74(113)108-38-22-26-68(108)81(134-16)59(10)83(117)98-60(11)82(62-23-19-18-20-24-62)141-143(131,132)140-53-61-27-29-63(30-28-61)99-84(118)64(25-21-36-96-93(94)127)103-88(122)77(54(2)3)104-85(119)65(31-32-76(115)116)102-86(120)67(50-73(112)100-66-33-40-139-92(66)126)101-72(111)34-39-135-42-44-137-46-47-138-45-43-136-41-37-95-87(121)69(109-75(114)49-58(9)90(109)124)52-97-71(110)35-48-142(128,129)130/h18-20,23-24,27-30,54-60,64-70,77-82H,17,21-22,25-26,31-53H2,1-16H3,(H,95,121)(H,97,110)(H,98,117)(H,99,118)(H,100,112)(H,101,111)(H,102,120)(H,103,122)(H,104,119)(H,105,123)(H,115,116)(H,131,132)(H3,94,96,127)(H2,128,129,130)/t57-,58?,59+,60+,64-,65-,66-,67-,68-,69-,70+,77-,78-,79-,80-,81+,82+/m0/s1. The summed E-state index contributed by atoms with van der Waals surface area (Å²) >= 11 is 0. The molecule has 143 heavy (non-hydrogen) atoms. The molecular weight excluding hydrogens is 1920 g/mol. The second-order valence-corrected chi connectivity index (χ2v) is 40.1. The topological polar surface area (TPSA) is 660 Å². The first-order chi connectivity index (χ1) is 67.4. The highest BCUT2D eigenvalue weighted by molar-refractivity contribution is 7.51. The molecule has 0 bridgehead atoms. The summed E-state index contributed by atoms with van der Waals surface area (Å²) in [6.07, 6.45) is -5.41. The molecule has 0 spiro atoms. The molecule has 804 valence electrons. The molecule has 17 N–H and O–H groups in total. The maximum Gasteiger partial charge on any atom is 0.473 e. The number of primary amides is 1. The highest BCUT2D eigenvalue weighted by Crippen LogP contribution is 2.50. The van der Waals surface area contributed by atoms with Crippen molar-refractivity contribution in [1.82, 2.24) is 72.8 Å². The Kier molecular flexibility index (Phi) is 53.0. The lowest BCUT2D eigenvalue weighted by Crippen LogP contribution is -2.59. The molecule has 18 atom stereocenters. The van der Waals surface area contributed by atoms with Gasteiger partial charge in [-0.1, -0.05) is 118 Å². The molecule has 2 aromatic carbocycles. The predicted octanol–water partition coefficient (Wildman–Crippen LogP) is 0.903. The van der Waals surface area contributed by atoms with E-state index in [9.17, 15) is 101 Å². The second kappa shape index (κ2) is 61.6. The van der Waals surface area contributed by atoms with E-state index in [0.717, 1.165) is 4.90 Å². The zero-order valence-electron chi connectivity index (χ0n) is 84.5. The number of likely N-dealkylation sites (tertiary alicyclic amines) is 2. The molecule has 0 radical (unpaired) electrons. The highest BCUT2D eigenvalue weighted by atomic mass is 31.2.